The highest BCUT2D eigenvalue weighted by molar-refractivity contribution is 5.09. The number of azide groups is 1. The lowest BCUT2D eigenvalue weighted by molar-refractivity contribution is -0.113. The van der Waals surface area contributed by atoms with E-state index >= 15 is 0 Å². The van der Waals surface area contributed by atoms with Gasteiger partial charge in [0, 0.05) is 11.0 Å². The van der Waals surface area contributed by atoms with E-state index in [4.69, 9.17) is 5.53 Å². The van der Waals surface area contributed by atoms with Crippen LogP contribution in [-0.2, 0) is 0 Å². The van der Waals surface area contributed by atoms with Crippen molar-refractivity contribution in [3.05, 3.63) is 10.4 Å². The van der Waals surface area contributed by atoms with E-state index < -0.39 is 0 Å². The summed E-state index contributed by atoms with van der Waals surface area (Å²) in [6.07, 6.45) is 13.7. The second-order valence-electron chi connectivity index (χ2n) is 10.0. The summed E-state index contributed by atoms with van der Waals surface area (Å²) in [7, 11) is 0. The summed E-state index contributed by atoms with van der Waals surface area (Å²) in [5.41, 5.74) is 9.97. The molecule has 4 fully saturated rings. The molecule has 8 atom stereocenters. The Balaban J connectivity index is 1.57. The molecule has 0 spiro atoms. The van der Waals surface area contributed by atoms with E-state index in [1.807, 2.05) is 0 Å². The van der Waals surface area contributed by atoms with E-state index in [0.29, 0.717) is 10.8 Å². The van der Waals surface area contributed by atoms with Crippen molar-refractivity contribution in [1.82, 2.24) is 0 Å². The van der Waals surface area contributed by atoms with Crippen LogP contribution in [0.3, 0.4) is 0 Å². The molecule has 4 rings (SSSR count). The summed E-state index contributed by atoms with van der Waals surface area (Å²) in [6.45, 7) is 7.66. The van der Waals surface area contributed by atoms with Crippen molar-refractivity contribution in [1.29, 1.82) is 0 Å². The van der Waals surface area contributed by atoms with Crippen LogP contribution in [0.15, 0.2) is 5.11 Å². The maximum absolute atomic E-state index is 8.80. The van der Waals surface area contributed by atoms with Crippen molar-refractivity contribution in [2.45, 2.75) is 91.0 Å². The van der Waals surface area contributed by atoms with Crippen molar-refractivity contribution >= 4 is 0 Å². The highest BCUT2D eigenvalue weighted by Crippen LogP contribution is 2.67. The maximum atomic E-state index is 8.80. The molecule has 0 aromatic carbocycles. The minimum Gasteiger partial charge on any atom is -0.0906 e. The number of hydrogen-bond acceptors (Lipinski definition) is 1. The fourth-order valence-corrected chi connectivity index (χ4v) is 8.19. The molecule has 3 heteroatoms. The largest absolute Gasteiger partial charge is 0.0906 e. The molecule has 0 aromatic heterocycles. The first-order valence-corrected chi connectivity index (χ1v) is 10.6. The maximum Gasteiger partial charge on any atom is 0.0377 e. The summed E-state index contributed by atoms with van der Waals surface area (Å²) in [5, 5.41) is 4.08. The number of hydrogen-bond donors (Lipinski definition) is 0. The van der Waals surface area contributed by atoms with Crippen LogP contribution in [0.4, 0.5) is 0 Å². The van der Waals surface area contributed by atoms with Crippen LogP contribution >= 0.6 is 0 Å². The lowest BCUT2D eigenvalue weighted by Gasteiger charge is -2.61. The molecule has 0 aromatic rings. The number of nitrogens with zero attached hydrogens (tertiary/aromatic N) is 3. The van der Waals surface area contributed by atoms with Gasteiger partial charge in [-0.1, -0.05) is 32.3 Å². The fraction of sp³-hybridized carbons (Fsp3) is 1.00. The fourth-order valence-electron chi connectivity index (χ4n) is 8.19. The molecule has 0 saturated heterocycles. The molecule has 0 N–H and O–H groups in total. The van der Waals surface area contributed by atoms with E-state index in [1.54, 1.807) is 0 Å². The van der Waals surface area contributed by atoms with Gasteiger partial charge in [-0.15, -0.1) is 0 Å². The summed E-state index contributed by atoms with van der Waals surface area (Å²) in [6, 6.07) is 0.273. The quantitative estimate of drug-likeness (QED) is 0.306. The Morgan fingerprint density at radius 3 is 2.46 bits per heavy atom. The summed E-state index contributed by atoms with van der Waals surface area (Å²) in [5.74, 6) is 4.70. The second-order valence-corrected chi connectivity index (χ2v) is 10.0. The minimum absolute atomic E-state index is 0.273. The Bertz CT molecular complexity index is 539. The second kappa shape index (κ2) is 5.94. The van der Waals surface area contributed by atoms with Gasteiger partial charge in [-0.2, -0.15) is 0 Å². The SMILES string of the molecule is CC[C@H]1CCC2C3CCC4C[C@H](N=[N+]=[N-])CC[C@]4(C)C3CC[C@@]21C. The third kappa shape index (κ3) is 2.26. The van der Waals surface area contributed by atoms with Gasteiger partial charge in [-0.3, -0.25) is 0 Å². The van der Waals surface area contributed by atoms with E-state index in [0.717, 1.165) is 42.4 Å². The molecule has 24 heavy (non-hydrogen) atoms. The third-order valence-electron chi connectivity index (χ3n) is 9.54. The average Bonchev–Trinajstić information content (AvgIpc) is 2.92. The predicted molar refractivity (Wildman–Crippen MR) is 98.4 cm³/mol. The van der Waals surface area contributed by atoms with Crippen LogP contribution in [-0.4, -0.2) is 6.04 Å². The average molecular weight is 330 g/mol. The zero-order chi connectivity index (χ0) is 16.9. The van der Waals surface area contributed by atoms with Crippen LogP contribution in [0.25, 0.3) is 10.4 Å². The standard InChI is InChI=1S/C21H35N3/c1-4-14-6-8-18-17-7-5-15-13-16(23-24-22)9-11-21(15,3)19(17)10-12-20(14,18)2/h14-19H,4-13H2,1-3H3/t14-,15?,16+,17?,18?,19?,20+,21-/m0/s1. The molecule has 0 bridgehead atoms. The van der Waals surface area contributed by atoms with E-state index in [2.05, 4.69) is 30.8 Å². The van der Waals surface area contributed by atoms with Gasteiger partial charge in [0.25, 0.3) is 0 Å². The minimum atomic E-state index is 0.273. The van der Waals surface area contributed by atoms with Crippen molar-refractivity contribution in [2.75, 3.05) is 0 Å². The van der Waals surface area contributed by atoms with Crippen LogP contribution in [0.2, 0.25) is 0 Å². The smallest absolute Gasteiger partial charge is 0.0377 e. The van der Waals surface area contributed by atoms with Crippen LogP contribution in [0, 0.1) is 40.4 Å². The van der Waals surface area contributed by atoms with Gasteiger partial charge < -0.3 is 0 Å². The first-order chi connectivity index (χ1) is 11.5. The number of rotatable bonds is 2. The van der Waals surface area contributed by atoms with Gasteiger partial charge >= 0.3 is 0 Å². The van der Waals surface area contributed by atoms with Crippen molar-refractivity contribution in [3.8, 4) is 0 Å². The molecule has 4 unspecified atom stereocenters. The van der Waals surface area contributed by atoms with Crippen molar-refractivity contribution in [3.63, 3.8) is 0 Å². The molecular formula is C21H35N3. The van der Waals surface area contributed by atoms with Gasteiger partial charge in [0.05, 0.1) is 0 Å². The van der Waals surface area contributed by atoms with Gasteiger partial charge in [0.1, 0.15) is 0 Å². The Kier molecular flexibility index (Phi) is 4.15. The third-order valence-corrected chi connectivity index (χ3v) is 9.54. The van der Waals surface area contributed by atoms with Crippen LogP contribution in [0.5, 0.6) is 0 Å². The Morgan fingerprint density at radius 1 is 0.958 bits per heavy atom. The Labute approximate surface area is 147 Å². The molecule has 0 radical (unpaired) electrons. The van der Waals surface area contributed by atoms with Crippen molar-refractivity contribution < 1.29 is 0 Å². The first kappa shape index (κ1) is 16.8. The highest BCUT2D eigenvalue weighted by Gasteiger charge is 2.59. The topological polar surface area (TPSA) is 48.8 Å². The highest BCUT2D eigenvalue weighted by atomic mass is 15.1. The Morgan fingerprint density at radius 2 is 1.71 bits per heavy atom. The van der Waals surface area contributed by atoms with E-state index in [9.17, 15) is 0 Å². The molecule has 0 aliphatic heterocycles. The van der Waals surface area contributed by atoms with Gasteiger partial charge in [-0.05, 0) is 104 Å². The molecule has 134 valence electrons. The molecule has 0 heterocycles. The summed E-state index contributed by atoms with van der Waals surface area (Å²) < 4.78 is 0. The van der Waals surface area contributed by atoms with Crippen LogP contribution < -0.4 is 0 Å². The predicted octanol–water partition coefficient (Wildman–Crippen LogP) is 6.73. The summed E-state index contributed by atoms with van der Waals surface area (Å²) >= 11 is 0. The molecule has 0 amide bonds. The van der Waals surface area contributed by atoms with Gasteiger partial charge in [0.2, 0.25) is 0 Å². The zero-order valence-corrected chi connectivity index (χ0v) is 15.9. The zero-order valence-electron chi connectivity index (χ0n) is 15.9. The van der Waals surface area contributed by atoms with Gasteiger partial charge in [-0.25, -0.2) is 0 Å². The van der Waals surface area contributed by atoms with Crippen molar-refractivity contribution in [2.24, 2.45) is 45.5 Å². The molecule has 3 nitrogen and oxygen atoms in total. The molecule has 4 saturated carbocycles. The summed E-state index contributed by atoms with van der Waals surface area (Å²) in [4.78, 5) is 3.10. The molecule has 4 aliphatic carbocycles. The first-order valence-electron chi connectivity index (χ1n) is 10.6. The number of fused-ring (bicyclic) bond motifs is 5. The monoisotopic (exact) mass is 329 g/mol. The van der Waals surface area contributed by atoms with Gasteiger partial charge in [0.15, 0.2) is 0 Å². The van der Waals surface area contributed by atoms with Crippen LogP contribution in [0.1, 0.15) is 85.0 Å². The normalized spacial score (nSPS) is 53.5. The molecule has 4 aliphatic rings. The lowest BCUT2D eigenvalue weighted by atomic mass is 9.44. The molecular weight excluding hydrogens is 294 g/mol. The van der Waals surface area contributed by atoms with E-state index in [1.165, 1.54) is 51.4 Å². The van der Waals surface area contributed by atoms with E-state index in [-0.39, 0.29) is 6.04 Å². The Hall–Kier alpha value is -0.690. The lowest BCUT2D eigenvalue weighted by Crippen LogP contribution is -2.53.